The van der Waals surface area contributed by atoms with Crippen LogP contribution in [-0.2, 0) is 6.18 Å². The van der Waals surface area contributed by atoms with E-state index in [9.17, 15) is 18.0 Å². The largest absolute Gasteiger partial charge is 0.416 e. The average molecular weight is 340 g/mol. The first-order valence-corrected chi connectivity index (χ1v) is 8.19. The molecule has 3 nitrogen and oxygen atoms in total. The van der Waals surface area contributed by atoms with E-state index < -0.39 is 11.7 Å². The van der Waals surface area contributed by atoms with Gasteiger partial charge < -0.3 is 4.90 Å². The first-order valence-electron chi connectivity index (χ1n) is 7.38. The molecule has 7 heteroatoms. The summed E-state index contributed by atoms with van der Waals surface area (Å²) in [5.74, 6) is -0.0829. The van der Waals surface area contributed by atoms with Crippen molar-refractivity contribution in [3.05, 3.63) is 40.9 Å². The van der Waals surface area contributed by atoms with E-state index in [2.05, 4.69) is 4.98 Å². The van der Waals surface area contributed by atoms with E-state index in [-0.39, 0.29) is 5.91 Å². The van der Waals surface area contributed by atoms with Crippen molar-refractivity contribution >= 4 is 17.2 Å². The van der Waals surface area contributed by atoms with E-state index in [0.717, 1.165) is 55.8 Å². The summed E-state index contributed by atoms with van der Waals surface area (Å²) in [6.45, 7) is 1.46. The minimum atomic E-state index is -4.39. The number of amides is 1. The van der Waals surface area contributed by atoms with Crippen molar-refractivity contribution in [3.8, 4) is 10.6 Å². The number of alkyl halides is 3. The molecule has 0 N–H and O–H groups in total. The van der Waals surface area contributed by atoms with Gasteiger partial charge in [0.2, 0.25) is 0 Å². The molecule has 0 bridgehead atoms. The van der Waals surface area contributed by atoms with E-state index in [0.29, 0.717) is 15.4 Å². The second kappa shape index (κ2) is 6.31. The Labute approximate surface area is 135 Å². The topological polar surface area (TPSA) is 33.2 Å². The van der Waals surface area contributed by atoms with Crippen LogP contribution in [-0.4, -0.2) is 28.9 Å². The van der Waals surface area contributed by atoms with Crippen LogP contribution in [0.2, 0.25) is 0 Å². The number of thiazole rings is 1. The van der Waals surface area contributed by atoms with Crippen molar-refractivity contribution in [1.29, 1.82) is 0 Å². The maximum atomic E-state index is 12.8. The summed E-state index contributed by atoms with van der Waals surface area (Å²) in [7, 11) is 0. The molecule has 0 radical (unpaired) electrons. The van der Waals surface area contributed by atoms with Crippen molar-refractivity contribution in [2.45, 2.75) is 25.4 Å². The van der Waals surface area contributed by atoms with E-state index in [1.54, 1.807) is 11.0 Å². The molecule has 1 amide bonds. The third kappa shape index (κ3) is 3.55. The van der Waals surface area contributed by atoms with E-state index in [4.69, 9.17) is 0 Å². The summed E-state index contributed by atoms with van der Waals surface area (Å²) in [4.78, 5) is 18.8. The van der Waals surface area contributed by atoms with Crippen molar-refractivity contribution in [3.63, 3.8) is 0 Å². The fourth-order valence-corrected chi connectivity index (χ4v) is 3.47. The van der Waals surface area contributed by atoms with Crippen LogP contribution < -0.4 is 0 Å². The van der Waals surface area contributed by atoms with Gasteiger partial charge in [0, 0.05) is 18.7 Å². The van der Waals surface area contributed by atoms with Gasteiger partial charge in [-0.1, -0.05) is 12.1 Å². The molecule has 0 unspecified atom stereocenters. The number of nitrogens with zero attached hydrogens (tertiary/aromatic N) is 2. The number of hydrogen-bond acceptors (Lipinski definition) is 3. The highest BCUT2D eigenvalue weighted by Crippen LogP contribution is 2.33. The molecule has 1 fully saturated rings. The molecular formula is C16H15F3N2OS. The number of benzene rings is 1. The minimum absolute atomic E-state index is 0.0829. The van der Waals surface area contributed by atoms with Crippen LogP contribution in [0.3, 0.4) is 0 Å². The first kappa shape index (κ1) is 16.0. The van der Waals surface area contributed by atoms with Crippen molar-refractivity contribution in [2.75, 3.05) is 13.1 Å². The number of carbonyl (C=O) groups is 1. The Hall–Kier alpha value is -1.89. The summed E-state index contributed by atoms with van der Waals surface area (Å²) in [5, 5.41) is 0.427. The number of hydrogen-bond donors (Lipinski definition) is 0. The Kier molecular flexibility index (Phi) is 4.39. The Morgan fingerprint density at radius 2 is 1.91 bits per heavy atom. The molecule has 1 aliphatic heterocycles. The molecule has 1 saturated heterocycles. The van der Waals surface area contributed by atoms with Gasteiger partial charge in [0.05, 0.1) is 11.8 Å². The standard InChI is InChI=1S/C16H15F3N2OS/c17-16(18,19)12-6-4-5-11(9-12)14-20-10-13(23-14)15(22)21-7-2-1-3-8-21/h4-6,9-10H,1-3,7-8H2. The predicted octanol–water partition coefficient (Wildman–Crippen LogP) is 4.46. The van der Waals surface area contributed by atoms with Gasteiger partial charge in [-0.3, -0.25) is 4.79 Å². The van der Waals surface area contributed by atoms with Crippen LogP contribution in [0.4, 0.5) is 13.2 Å². The quantitative estimate of drug-likeness (QED) is 0.809. The lowest BCUT2D eigenvalue weighted by atomic mass is 10.1. The molecular weight excluding hydrogens is 325 g/mol. The summed E-state index contributed by atoms with van der Waals surface area (Å²) in [6.07, 6.45) is 0.176. The second-order valence-corrected chi connectivity index (χ2v) is 6.49. The molecule has 2 aromatic rings. The fraction of sp³-hybridized carbons (Fsp3) is 0.375. The molecule has 2 heterocycles. The maximum Gasteiger partial charge on any atom is 0.416 e. The van der Waals surface area contributed by atoms with Crippen molar-refractivity contribution in [2.24, 2.45) is 0 Å². The zero-order chi connectivity index (χ0) is 16.4. The van der Waals surface area contributed by atoms with Gasteiger partial charge in [-0.2, -0.15) is 13.2 Å². The first-order chi connectivity index (χ1) is 10.9. The highest BCUT2D eigenvalue weighted by molar-refractivity contribution is 7.16. The van der Waals surface area contributed by atoms with Gasteiger partial charge >= 0.3 is 6.18 Å². The zero-order valence-electron chi connectivity index (χ0n) is 12.3. The molecule has 3 rings (SSSR count). The van der Waals surface area contributed by atoms with Crippen molar-refractivity contribution in [1.82, 2.24) is 9.88 Å². The van der Waals surface area contributed by atoms with Crippen molar-refractivity contribution < 1.29 is 18.0 Å². The number of piperidine rings is 1. The molecule has 1 aromatic carbocycles. The lowest BCUT2D eigenvalue weighted by Gasteiger charge is -2.25. The van der Waals surface area contributed by atoms with E-state index in [1.165, 1.54) is 12.3 Å². The van der Waals surface area contributed by atoms with E-state index in [1.807, 2.05) is 0 Å². The number of halogens is 3. The molecule has 0 saturated carbocycles. The lowest BCUT2D eigenvalue weighted by molar-refractivity contribution is -0.137. The lowest BCUT2D eigenvalue weighted by Crippen LogP contribution is -2.35. The average Bonchev–Trinajstić information content (AvgIpc) is 3.04. The Morgan fingerprint density at radius 3 is 2.61 bits per heavy atom. The molecule has 0 atom stereocenters. The smallest absolute Gasteiger partial charge is 0.338 e. The number of carbonyl (C=O) groups excluding carboxylic acids is 1. The molecule has 0 spiro atoms. The number of likely N-dealkylation sites (tertiary alicyclic amines) is 1. The molecule has 1 aromatic heterocycles. The van der Waals surface area contributed by atoms with E-state index >= 15 is 0 Å². The van der Waals surface area contributed by atoms with Crippen LogP contribution in [0.15, 0.2) is 30.5 Å². The summed E-state index contributed by atoms with van der Waals surface area (Å²) in [6, 6.07) is 5.01. The predicted molar refractivity (Wildman–Crippen MR) is 82.3 cm³/mol. The summed E-state index contributed by atoms with van der Waals surface area (Å²) < 4.78 is 38.3. The molecule has 1 aliphatic rings. The monoisotopic (exact) mass is 340 g/mol. The molecule has 0 aliphatic carbocycles. The second-order valence-electron chi connectivity index (χ2n) is 5.46. The number of rotatable bonds is 2. The van der Waals surface area contributed by atoms with Crippen LogP contribution in [0, 0.1) is 0 Å². The minimum Gasteiger partial charge on any atom is -0.338 e. The molecule has 23 heavy (non-hydrogen) atoms. The van der Waals surface area contributed by atoms with Crippen LogP contribution in [0.1, 0.15) is 34.5 Å². The highest BCUT2D eigenvalue weighted by Gasteiger charge is 2.30. The third-order valence-corrected chi connectivity index (χ3v) is 4.83. The van der Waals surface area contributed by atoms with Crippen LogP contribution >= 0.6 is 11.3 Å². The summed E-state index contributed by atoms with van der Waals surface area (Å²) in [5.41, 5.74) is -0.336. The van der Waals surface area contributed by atoms with Gasteiger partial charge in [-0.05, 0) is 31.4 Å². The van der Waals surface area contributed by atoms with Gasteiger partial charge in [0.15, 0.2) is 0 Å². The zero-order valence-corrected chi connectivity index (χ0v) is 13.1. The maximum absolute atomic E-state index is 12.8. The van der Waals surface area contributed by atoms with Gasteiger partial charge in [-0.25, -0.2) is 4.98 Å². The van der Waals surface area contributed by atoms with Gasteiger partial charge in [0.25, 0.3) is 5.91 Å². The third-order valence-electron chi connectivity index (χ3n) is 3.80. The normalized spacial score (nSPS) is 15.7. The highest BCUT2D eigenvalue weighted by atomic mass is 32.1. The van der Waals surface area contributed by atoms with Crippen LogP contribution in [0.25, 0.3) is 10.6 Å². The fourth-order valence-electron chi connectivity index (χ4n) is 2.59. The SMILES string of the molecule is O=C(c1cnc(-c2cccc(C(F)(F)F)c2)s1)N1CCCCC1. The summed E-state index contributed by atoms with van der Waals surface area (Å²) >= 11 is 1.14. The Balaban J connectivity index is 1.83. The Bertz CT molecular complexity index is 705. The van der Waals surface area contributed by atoms with Crippen LogP contribution in [0.5, 0.6) is 0 Å². The molecule has 122 valence electrons. The van der Waals surface area contributed by atoms with Gasteiger partial charge in [0.1, 0.15) is 9.88 Å². The Morgan fingerprint density at radius 1 is 1.17 bits per heavy atom. The number of aromatic nitrogens is 1. The van der Waals surface area contributed by atoms with Gasteiger partial charge in [-0.15, -0.1) is 11.3 Å².